The smallest absolute Gasteiger partial charge is 0.481 e. The number of hydrogen-bond donors (Lipinski definition) is 2. The van der Waals surface area contributed by atoms with Crippen molar-refractivity contribution in [1.82, 2.24) is 4.90 Å². The molecule has 0 unspecified atom stereocenters. The van der Waals surface area contributed by atoms with Gasteiger partial charge in [0.1, 0.15) is 11.9 Å². The molecule has 1 saturated carbocycles. The Morgan fingerprint density at radius 1 is 0.935 bits per heavy atom. The van der Waals surface area contributed by atoms with E-state index in [1.807, 2.05) is 0 Å². The van der Waals surface area contributed by atoms with Crippen LogP contribution in [0.1, 0.15) is 67.4 Å². The van der Waals surface area contributed by atoms with Gasteiger partial charge in [0.25, 0.3) is 0 Å². The van der Waals surface area contributed by atoms with E-state index in [0.717, 1.165) is 23.1 Å². The van der Waals surface area contributed by atoms with Crippen molar-refractivity contribution in [1.29, 1.82) is 0 Å². The summed E-state index contributed by atoms with van der Waals surface area (Å²) in [6, 6.07) is 2.43. The van der Waals surface area contributed by atoms with E-state index in [0.29, 0.717) is 37.8 Å². The summed E-state index contributed by atoms with van der Waals surface area (Å²) in [6.07, 6.45) is -16.7. The number of cyclic esters (lactones) is 1. The maximum atomic E-state index is 13.4. The van der Waals surface area contributed by atoms with E-state index >= 15 is 0 Å². The molecule has 46 heavy (non-hydrogen) atoms. The number of carboxylic acids is 1. The zero-order valence-corrected chi connectivity index (χ0v) is 23.9. The molecule has 1 saturated heterocycles. The number of amides is 2. The summed E-state index contributed by atoms with van der Waals surface area (Å²) < 4.78 is 129. The number of carboxylic acid groups (broad SMARTS) is 1. The number of anilines is 1. The minimum absolute atomic E-state index is 0.0333. The quantitative estimate of drug-likeness (QED) is 0.277. The highest BCUT2D eigenvalue weighted by Crippen LogP contribution is 2.42. The summed E-state index contributed by atoms with van der Waals surface area (Å²) in [4.78, 5) is 37.8. The SMILES string of the molecule is C[C@H]1[C@@H](c2cc(C(F)(F)F)cc(C(F)(F)F)c2)OC(=O)N1Cc1cc(OC(F)(F)F)ccc1NC(=O)[C@H]1CC[C@H](CC(=O)O)CC1. The second-order valence-corrected chi connectivity index (χ2v) is 11.2. The maximum Gasteiger partial charge on any atom is 0.573 e. The van der Waals surface area contributed by atoms with E-state index in [-0.39, 0.29) is 29.7 Å². The van der Waals surface area contributed by atoms with E-state index in [1.165, 1.54) is 6.92 Å². The van der Waals surface area contributed by atoms with E-state index in [9.17, 15) is 53.9 Å². The lowest BCUT2D eigenvalue weighted by Gasteiger charge is -2.27. The molecule has 0 radical (unpaired) electrons. The third-order valence-corrected chi connectivity index (χ3v) is 7.92. The average Bonchev–Trinajstić information content (AvgIpc) is 3.21. The van der Waals surface area contributed by atoms with Crippen LogP contribution in [-0.2, 0) is 33.2 Å². The number of rotatable bonds is 8. The highest BCUT2D eigenvalue weighted by molar-refractivity contribution is 5.93. The first-order valence-electron chi connectivity index (χ1n) is 13.9. The van der Waals surface area contributed by atoms with Gasteiger partial charge < -0.3 is 19.9 Å². The Morgan fingerprint density at radius 3 is 2.04 bits per heavy atom. The minimum atomic E-state index is -5.16. The highest BCUT2D eigenvalue weighted by Gasteiger charge is 2.43. The first-order chi connectivity index (χ1) is 21.2. The van der Waals surface area contributed by atoms with Crippen molar-refractivity contribution >= 4 is 23.7 Å². The second-order valence-electron chi connectivity index (χ2n) is 11.2. The van der Waals surface area contributed by atoms with Gasteiger partial charge in [0.2, 0.25) is 5.91 Å². The van der Waals surface area contributed by atoms with Crippen LogP contribution in [0.2, 0.25) is 0 Å². The number of aliphatic carboxylic acids is 1. The molecule has 1 aliphatic heterocycles. The largest absolute Gasteiger partial charge is 0.573 e. The molecule has 2 atom stereocenters. The highest BCUT2D eigenvalue weighted by atomic mass is 19.4. The molecular formula is C29H27F9N2O6. The fourth-order valence-electron chi connectivity index (χ4n) is 5.62. The zero-order valence-electron chi connectivity index (χ0n) is 23.9. The summed E-state index contributed by atoms with van der Waals surface area (Å²) >= 11 is 0. The first kappa shape index (κ1) is 34.7. The van der Waals surface area contributed by atoms with Crippen molar-refractivity contribution in [2.75, 3.05) is 5.32 Å². The van der Waals surface area contributed by atoms with Crippen LogP contribution in [0.3, 0.4) is 0 Å². The van der Waals surface area contributed by atoms with Crippen LogP contribution in [0.15, 0.2) is 36.4 Å². The Bertz CT molecular complexity index is 1430. The van der Waals surface area contributed by atoms with Gasteiger partial charge in [-0.3, -0.25) is 14.5 Å². The second kappa shape index (κ2) is 12.9. The summed E-state index contributed by atoms with van der Waals surface area (Å²) in [6.45, 7) is 0.699. The van der Waals surface area contributed by atoms with E-state index in [2.05, 4.69) is 10.1 Å². The molecule has 0 bridgehead atoms. The molecule has 252 valence electrons. The number of halogens is 9. The summed E-state index contributed by atoms with van der Waals surface area (Å²) in [5, 5.41) is 11.6. The van der Waals surface area contributed by atoms with Gasteiger partial charge in [-0.15, -0.1) is 13.2 Å². The van der Waals surface area contributed by atoms with Crippen LogP contribution < -0.4 is 10.1 Å². The number of alkyl halides is 9. The Labute approximate surface area is 255 Å². The first-order valence-corrected chi connectivity index (χ1v) is 13.9. The summed E-state index contributed by atoms with van der Waals surface area (Å²) in [5.74, 6) is -2.87. The van der Waals surface area contributed by atoms with Gasteiger partial charge in [0, 0.05) is 18.0 Å². The van der Waals surface area contributed by atoms with Crippen molar-refractivity contribution in [2.45, 2.75) is 76.4 Å². The van der Waals surface area contributed by atoms with Crippen molar-refractivity contribution in [3.8, 4) is 5.75 Å². The van der Waals surface area contributed by atoms with Gasteiger partial charge in [0.15, 0.2) is 0 Å². The van der Waals surface area contributed by atoms with Crippen LogP contribution >= 0.6 is 0 Å². The van der Waals surface area contributed by atoms with E-state index in [1.54, 1.807) is 0 Å². The van der Waals surface area contributed by atoms with Gasteiger partial charge in [-0.2, -0.15) is 26.3 Å². The fourth-order valence-corrected chi connectivity index (χ4v) is 5.62. The number of carbonyl (C=O) groups excluding carboxylic acids is 2. The van der Waals surface area contributed by atoms with Gasteiger partial charge in [-0.1, -0.05) is 0 Å². The number of ether oxygens (including phenoxy) is 2. The average molecular weight is 671 g/mol. The van der Waals surface area contributed by atoms with Crippen molar-refractivity contribution in [3.05, 3.63) is 58.7 Å². The Balaban J connectivity index is 1.60. The Morgan fingerprint density at radius 2 is 1.52 bits per heavy atom. The molecule has 2 aliphatic rings. The van der Waals surface area contributed by atoms with Crippen molar-refractivity contribution in [2.24, 2.45) is 11.8 Å². The third kappa shape index (κ3) is 8.54. The van der Waals surface area contributed by atoms with E-state index < -0.39 is 83.7 Å². The molecule has 2 aromatic carbocycles. The minimum Gasteiger partial charge on any atom is -0.481 e. The molecule has 8 nitrogen and oxygen atoms in total. The molecule has 2 aromatic rings. The molecule has 4 rings (SSSR count). The number of benzene rings is 2. The van der Waals surface area contributed by atoms with Crippen LogP contribution in [0, 0.1) is 11.8 Å². The monoisotopic (exact) mass is 670 g/mol. The predicted octanol–water partition coefficient (Wildman–Crippen LogP) is 7.92. The molecule has 1 heterocycles. The summed E-state index contributed by atoms with van der Waals surface area (Å²) in [7, 11) is 0. The molecule has 2 N–H and O–H groups in total. The summed E-state index contributed by atoms with van der Waals surface area (Å²) in [5.41, 5.74) is -3.99. The molecule has 0 spiro atoms. The normalized spacial score (nSPS) is 22.4. The van der Waals surface area contributed by atoms with Crippen LogP contribution in [0.5, 0.6) is 5.75 Å². The maximum absolute atomic E-state index is 13.4. The Kier molecular flexibility index (Phi) is 9.73. The van der Waals surface area contributed by atoms with Crippen LogP contribution in [-0.4, -0.2) is 40.4 Å². The molecule has 2 fully saturated rings. The van der Waals surface area contributed by atoms with E-state index in [4.69, 9.17) is 9.84 Å². The third-order valence-electron chi connectivity index (χ3n) is 7.92. The zero-order chi connectivity index (χ0) is 34.2. The number of hydrogen-bond acceptors (Lipinski definition) is 5. The molecular weight excluding hydrogens is 643 g/mol. The van der Waals surface area contributed by atoms with Crippen molar-refractivity contribution in [3.63, 3.8) is 0 Å². The van der Waals surface area contributed by atoms with Crippen LogP contribution in [0.25, 0.3) is 0 Å². The Hall–Kier alpha value is -4.18. The standard InChI is InChI=1S/C29H27F9N2O6/c1-14-24(17-9-19(27(30,31)32)12-20(10-17)28(33,34)35)45-26(44)40(14)13-18-11-21(46-29(36,37)38)6-7-22(18)39-25(43)16-4-2-15(3-5-16)8-23(41)42/h6-7,9-12,14-16,24H,2-5,8,13H2,1H3,(H,39,43)(H,41,42)/t14-,15-,16-,24-/m0/s1. The number of nitrogens with one attached hydrogen (secondary N) is 1. The van der Waals surface area contributed by atoms with Gasteiger partial charge >= 0.3 is 30.8 Å². The predicted molar refractivity (Wildman–Crippen MR) is 140 cm³/mol. The topological polar surface area (TPSA) is 105 Å². The molecule has 0 aromatic heterocycles. The molecule has 17 heteroatoms. The molecule has 2 amide bonds. The van der Waals surface area contributed by atoms with Crippen LogP contribution in [0.4, 0.5) is 50.0 Å². The number of carbonyl (C=O) groups is 3. The fraction of sp³-hybridized carbons (Fsp3) is 0.483. The van der Waals surface area contributed by atoms with Gasteiger partial charge in [0.05, 0.1) is 23.7 Å². The lowest BCUT2D eigenvalue weighted by atomic mass is 9.80. The van der Waals surface area contributed by atoms with Gasteiger partial charge in [-0.25, -0.2) is 4.79 Å². The van der Waals surface area contributed by atoms with Crippen molar-refractivity contribution < 1.29 is 68.5 Å². The lowest BCUT2D eigenvalue weighted by Crippen LogP contribution is -2.32. The van der Waals surface area contributed by atoms with Gasteiger partial charge in [-0.05, 0) is 86.1 Å². The molecule has 1 aliphatic carbocycles. The number of nitrogens with zero attached hydrogens (tertiary/aromatic N) is 1. The lowest BCUT2D eigenvalue weighted by molar-refractivity contribution is -0.274.